The zero-order chi connectivity index (χ0) is 22.0. The number of hydrogen-bond acceptors (Lipinski definition) is 2. The van der Waals surface area contributed by atoms with Gasteiger partial charge in [0.1, 0.15) is 0 Å². The molecule has 0 aliphatic rings. The molecule has 156 valence electrons. The quantitative estimate of drug-likeness (QED) is 0.751. The highest BCUT2D eigenvalue weighted by Gasteiger charge is 2.37. The summed E-state index contributed by atoms with van der Waals surface area (Å²) >= 11 is 0. The number of nitrogens with one attached hydrogen (secondary N) is 1. The molecule has 2 rings (SSSR count). The van der Waals surface area contributed by atoms with Crippen molar-refractivity contribution in [2.75, 3.05) is 14.1 Å². The number of hydrogen-bond donors (Lipinski definition) is 1. The van der Waals surface area contributed by atoms with E-state index in [9.17, 15) is 35.9 Å². The molecule has 4 nitrogen and oxygen atoms in total. The summed E-state index contributed by atoms with van der Waals surface area (Å²) in [5, 5.41) is 2.43. The normalized spacial score (nSPS) is 11.9. The first kappa shape index (κ1) is 22.3. The van der Waals surface area contributed by atoms with Crippen LogP contribution in [-0.2, 0) is 18.9 Å². The Morgan fingerprint density at radius 3 is 1.76 bits per heavy atom. The van der Waals surface area contributed by atoms with Crippen LogP contribution in [0, 0.1) is 0 Å². The summed E-state index contributed by atoms with van der Waals surface area (Å²) in [6.07, 6.45) is -10.1. The van der Waals surface area contributed by atoms with Gasteiger partial charge in [0.2, 0.25) is 0 Å². The molecule has 0 radical (unpaired) electrons. The fourth-order valence-corrected chi connectivity index (χ4v) is 2.55. The lowest BCUT2D eigenvalue weighted by molar-refractivity contribution is -0.143. The van der Waals surface area contributed by atoms with E-state index >= 15 is 0 Å². The van der Waals surface area contributed by atoms with Gasteiger partial charge in [0.05, 0.1) is 11.1 Å². The van der Waals surface area contributed by atoms with E-state index in [2.05, 4.69) is 5.32 Å². The smallest absolute Gasteiger partial charge is 0.355 e. The van der Waals surface area contributed by atoms with E-state index in [0.29, 0.717) is 23.3 Å². The molecular formula is C19H16F6N2O2. The number of alkyl halides is 6. The van der Waals surface area contributed by atoms with Gasteiger partial charge in [-0.2, -0.15) is 26.3 Å². The van der Waals surface area contributed by atoms with Gasteiger partial charge >= 0.3 is 12.4 Å². The van der Waals surface area contributed by atoms with Crippen molar-refractivity contribution in [3.63, 3.8) is 0 Å². The number of halogens is 6. The summed E-state index contributed by atoms with van der Waals surface area (Å²) in [5.41, 5.74) is -2.94. The van der Waals surface area contributed by atoms with Gasteiger partial charge in [0.15, 0.2) is 0 Å². The number of carbonyl (C=O) groups is 2. The Bertz CT molecular complexity index is 872. The molecule has 0 spiro atoms. The van der Waals surface area contributed by atoms with Gasteiger partial charge in [-0.3, -0.25) is 9.59 Å². The molecule has 10 heteroatoms. The number of benzene rings is 2. The third-order valence-corrected chi connectivity index (χ3v) is 4.04. The molecule has 0 unspecified atom stereocenters. The molecule has 0 bridgehead atoms. The zero-order valence-electron chi connectivity index (χ0n) is 15.3. The van der Waals surface area contributed by atoms with Crippen LogP contribution < -0.4 is 5.32 Å². The fourth-order valence-electron chi connectivity index (χ4n) is 2.55. The van der Waals surface area contributed by atoms with Gasteiger partial charge in [0.25, 0.3) is 11.8 Å². The van der Waals surface area contributed by atoms with E-state index in [4.69, 9.17) is 0 Å². The third kappa shape index (κ3) is 5.49. The third-order valence-electron chi connectivity index (χ3n) is 4.04. The molecule has 0 aliphatic carbocycles. The Morgan fingerprint density at radius 1 is 0.862 bits per heavy atom. The Labute approximate surface area is 162 Å². The van der Waals surface area contributed by atoms with Gasteiger partial charge in [-0.1, -0.05) is 12.1 Å². The van der Waals surface area contributed by atoms with Crippen LogP contribution in [0.3, 0.4) is 0 Å². The minimum atomic E-state index is -5.04. The van der Waals surface area contributed by atoms with Gasteiger partial charge in [-0.25, -0.2) is 0 Å². The lowest BCUT2D eigenvalue weighted by Crippen LogP contribution is -2.27. The van der Waals surface area contributed by atoms with E-state index < -0.39 is 35.0 Å². The van der Waals surface area contributed by atoms with E-state index in [1.165, 1.54) is 38.4 Å². The average molecular weight is 418 g/mol. The largest absolute Gasteiger partial charge is 0.416 e. The van der Waals surface area contributed by atoms with Crippen molar-refractivity contribution in [3.8, 4) is 0 Å². The maximum absolute atomic E-state index is 13.0. The van der Waals surface area contributed by atoms with E-state index in [0.717, 1.165) is 4.90 Å². The highest BCUT2D eigenvalue weighted by Crippen LogP contribution is 2.36. The molecule has 2 amide bonds. The minimum absolute atomic E-state index is 0.0335. The molecule has 2 aromatic rings. The molecule has 0 aliphatic heterocycles. The Morgan fingerprint density at radius 2 is 1.34 bits per heavy atom. The Kier molecular flexibility index (Phi) is 6.24. The van der Waals surface area contributed by atoms with Crippen LogP contribution in [0.4, 0.5) is 26.3 Å². The summed E-state index contributed by atoms with van der Waals surface area (Å²) in [6, 6.07) is 6.78. The molecule has 0 heterocycles. The summed E-state index contributed by atoms with van der Waals surface area (Å²) in [4.78, 5) is 25.0. The fraction of sp³-hybridized carbons (Fsp3) is 0.263. The SMILES string of the molecule is CNC(=O)c1ccc(CN(C)C(=O)c2cc(C(F)(F)F)cc(C(F)(F)F)c2)cc1. The number of amides is 2. The Hall–Kier alpha value is -3.04. The van der Waals surface area contributed by atoms with Crippen LogP contribution in [0.15, 0.2) is 42.5 Å². The minimum Gasteiger partial charge on any atom is -0.355 e. The van der Waals surface area contributed by atoms with Gasteiger partial charge in [-0.15, -0.1) is 0 Å². The second-order valence-electron chi connectivity index (χ2n) is 6.23. The van der Waals surface area contributed by atoms with Gasteiger partial charge in [-0.05, 0) is 35.9 Å². The van der Waals surface area contributed by atoms with Crippen molar-refractivity contribution in [2.24, 2.45) is 0 Å². The summed E-state index contributed by atoms with van der Waals surface area (Å²) < 4.78 is 77.7. The van der Waals surface area contributed by atoms with Crippen molar-refractivity contribution in [2.45, 2.75) is 18.9 Å². The van der Waals surface area contributed by atoms with Crippen molar-refractivity contribution in [3.05, 3.63) is 70.3 Å². The van der Waals surface area contributed by atoms with E-state index in [-0.39, 0.29) is 18.5 Å². The lowest BCUT2D eigenvalue weighted by atomic mass is 10.0. The average Bonchev–Trinajstić information content (AvgIpc) is 2.65. The molecule has 0 atom stereocenters. The highest BCUT2D eigenvalue weighted by atomic mass is 19.4. The predicted octanol–water partition coefficient (Wildman–Crippen LogP) is 4.36. The van der Waals surface area contributed by atoms with Crippen LogP contribution in [-0.4, -0.2) is 30.8 Å². The Balaban J connectivity index is 2.29. The molecule has 0 saturated carbocycles. The molecule has 0 fully saturated rings. The van der Waals surface area contributed by atoms with Crippen LogP contribution in [0.5, 0.6) is 0 Å². The number of nitrogens with zero attached hydrogens (tertiary/aromatic N) is 1. The maximum Gasteiger partial charge on any atom is 0.416 e. The number of carbonyl (C=O) groups excluding carboxylic acids is 2. The first-order chi connectivity index (χ1) is 13.3. The van der Waals surface area contributed by atoms with Gasteiger partial charge < -0.3 is 10.2 Å². The summed E-state index contributed by atoms with van der Waals surface area (Å²) in [6.45, 7) is -0.0789. The van der Waals surface area contributed by atoms with Crippen molar-refractivity contribution in [1.29, 1.82) is 0 Å². The van der Waals surface area contributed by atoms with Crippen LogP contribution in [0.2, 0.25) is 0 Å². The monoisotopic (exact) mass is 418 g/mol. The molecule has 29 heavy (non-hydrogen) atoms. The molecule has 0 aromatic heterocycles. The predicted molar refractivity (Wildman–Crippen MR) is 92.1 cm³/mol. The van der Waals surface area contributed by atoms with Crippen molar-refractivity contribution >= 4 is 11.8 Å². The molecule has 0 saturated heterocycles. The topological polar surface area (TPSA) is 49.4 Å². The number of rotatable bonds is 4. The van der Waals surface area contributed by atoms with Crippen LogP contribution in [0.1, 0.15) is 37.4 Å². The maximum atomic E-state index is 13.0. The van der Waals surface area contributed by atoms with Crippen molar-refractivity contribution < 1.29 is 35.9 Å². The highest BCUT2D eigenvalue weighted by molar-refractivity contribution is 5.95. The van der Waals surface area contributed by atoms with Crippen molar-refractivity contribution in [1.82, 2.24) is 10.2 Å². The zero-order valence-corrected chi connectivity index (χ0v) is 15.3. The van der Waals surface area contributed by atoms with Gasteiger partial charge in [0, 0.05) is 31.8 Å². The lowest BCUT2D eigenvalue weighted by Gasteiger charge is -2.20. The second kappa shape index (κ2) is 8.14. The molecule has 1 N–H and O–H groups in total. The summed E-state index contributed by atoms with van der Waals surface area (Å²) in [7, 11) is 2.70. The van der Waals surface area contributed by atoms with E-state index in [1.807, 2.05) is 0 Å². The molecule has 2 aromatic carbocycles. The van der Waals surface area contributed by atoms with Crippen LogP contribution >= 0.6 is 0 Å². The standard InChI is InChI=1S/C19H16F6N2O2/c1-26-16(28)12-5-3-11(4-6-12)10-27(2)17(29)13-7-14(18(20,21)22)9-15(8-13)19(23,24)25/h3-9H,10H2,1-2H3,(H,26,28). The molecular weight excluding hydrogens is 402 g/mol. The van der Waals surface area contributed by atoms with E-state index in [1.54, 1.807) is 0 Å². The van der Waals surface area contributed by atoms with Crippen LogP contribution in [0.25, 0.3) is 0 Å². The first-order valence-corrected chi connectivity index (χ1v) is 8.19. The first-order valence-electron chi connectivity index (χ1n) is 8.19. The second-order valence-corrected chi connectivity index (χ2v) is 6.23. The summed E-state index contributed by atoms with van der Waals surface area (Å²) in [5.74, 6) is -1.33.